The van der Waals surface area contributed by atoms with Gasteiger partial charge in [0.1, 0.15) is 0 Å². The van der Waals surface area contributed by atoms with Gasteiger partial charge in [-0.2, -0.15) is 0 Å². The molecule has 1 aliphatic rings. The standard InChI is InChI=1S/C35H70N2O/c1-7-13-17-19-24-31(22-15-9-3)26-21-27-35(38)36-29-33(11-5)37(34(12-6)30-36)28-32(23-16-10-4)25-20-18-14-8-2/h31-34H,7-30H2,1-6H3/t31?,32?,33-,34+. The Balaban J connectivity index is 2.65. The Morgan fingerprint density at radius 1 is 0.579 bits per heavy atom. The SMILES string of the molecule is CCCCCCC(CCCC)CCCC(=O)N1C[C@@H](CC)N(CC(CCCC)CCCCCC)[C@@H](CC)C1. The van der Waals surface area contributed by atoms with Crippen LogP contribution in [0.15, 0.2) is 0 Å². The minimum Gasteiger partial charge on any atom is -0.340 e. The Labute approximate surface area is 240 Å². The summed E-state index contributed by atoms with van der Waals surface area (Å²) < 4.78 is 0. The molecule has 3 heteroatoms. The van der Waals surface area contributed by atoms with Crippen LogP contribution in [-0.2, 0) is 4.79 Å². The first kappa shape index (κ1) is 35.5. The van der Waals surface area contributed by atoms with E-state index in [2.05, 4.69) is 51.3 Å². The average molecular weight is 535 g/mol. The first-order chi connectivity index (χ1) is 18.5. The van der Waals surface area contributed by atoms with Gasteiger partial charge in [-0.25, -0.2) is 0 Å². The summed E-state index contributed by atoms with van der Waals surface area (Å²) in [5, 5.41) is 0. The molecule has 1 heterocycles. The number of piperazine rings is 1. The monoisotopic (exact) mass is 535 g/mol. The molecule has 1 rings (SSSR count). The second kappa shape index (κ2) is 23.2. The van der Waals surface area contributed by atoms with Crippen LogP contribution in [0.4, 0.5) is 0 Å². The predicted octanol–water partition coefficient (Wildman–Crippen LogP) is 10.4. The van der Waals surface area contributed by atoms with Crippen molar-refractivity contribution in [3.63, 3.8) is 0 Å². The second-order valence-electron chi connectivity index (χ2n) is 12.7. The van der Waals surface area contributed by atoms with Crippen LogP contribution in [0.3, 0.4) is 0 Å². The van der Waals surface area contributed by atoms with Crippen molar-refractivity contribution in [3.05, 3.63) is 0 Å². The first-order valence-electron chi connectivity index (χ1n) is 17.6. The summed E-state index contributed by atoms with van der Waals surface area (Å²) in [5.74, 6) is 2.10. The molecule has 2 unspecified atom stereocenters. The minimum absolute atomic E-state index is 0.434. The van der Waals surface area contributed by atoms with E-state index in [9.17, 15) is 4.79 Å². The fourth-order valence-corrected chi connectivity index (χ4v) is 6.78. The van der Waals surface area contributed by atoms with Crippen molar-refractivity contribution in [2.24, 2.45) is 11.8 Å². The van der Waals surface area contributed by atoms with E-state index in [4.69, 9.17) is 0 Å². The Bertz CT molecular complexity index is 536. The van der Waals surface area contributed by atoms with Gasteiger partial charge in [-0.05, 0) is 50.4 Å². The molecule has 1 aliphatic heterocycles. The maximum absolute atomic E-state index is 13.4. The fourth-order valence-electron chi connectivity index (χ4n) is 6.78. The molecule has 0 N–H and O–H groups in total. The normalized spacial score (nSPS) is 20.1. The summed E-state index contributed by atoms with van der Waals surface area (Å²) >= 11 is 0. The van der Waals surface area contributed by atoms with Crippen molar-refractivity contribution in [2.45, 2.75) is 188 Å². The Morgan fingerprint density at radius 3 is 1.53 bits per heavy atom. The van der Waals surface area contributed by atoms with E-state index >= 15 is 0 Å². The van der Waals surface area contributed by atoms with Crippen molar-refractivity contribution in [2.75, 3.05) is 19.6 Å². The largest absolute Gasteiger partial charge is 0.340 e. The molecule has 1 amide bonds. The van der Waals surface area contributed by atoms with Crippen LogP contribution in [0.2, 0.25) is 0 Å². The highest BCUT2D eigenvalue weighted by Crippen LogP contribution is 2.28. The van der Waals surface area contributed by atoms with E-state index < -0.39 is 0 Å². The molecule has 0 saturated carbocycles. The molecule has 0 aromatic heterocycles. The lowest BCUT2D eigenvalue weighted by Gasteiger charge is -2.48. The van der Waals surface area contributed by atoms with Gasteiger partial charge in [0.25, 0.3) is 0 Å². The van der Waals surface area contributed by atoms with Crippen LogP contribution in [-0.4, -0.2) is 47.4 Å². The molecule has 0 spiro atoms. The highest BCUT2D eigenvalue weighted by molar-refractivity contribution is 5.76. The zero-order chi connectivity index (χ0) is 28.0. The molecule has 1 fully saturated rings. The quantitative estimate of drug-likeness (QED) is 0.115. The average Bonchev–Trinajstić information content (AvgIpc) is 2.94. The number of amides is 1. The Kier molecular flexibility index (Phi) is 21.6. The summed E-state index contributed by atoms with van der Waals surface area (Å²) in [5.41, 5.74) is 0. The first-order valence-corrected chi connectivity index (χ1v) is 17.6. The van der Waals surface area contributed by atoms with E-state index in [1.807, 2.05) is 0 Å². The van der Waals surface area contributed by atoms with Crippen molar-refractivity contribution >= 4 is 5.91 Å². The molecular weight excluding hydrogens is 464 g/mol. The molecule has 0 aliphatic carbocycles. The van der Waals surface area contributed by atoms with E-state index in [0.29, 0.717) is 18.0 Å². The number of hydrogen-bond acceptors (Lipinski definition) is 2. The summed E-state index contributed by atoms with van der Waals surface area (Å²) in [4.78, 5) is 18.5. The number of carbonyl (C=O) groups is 1. The van der Waals surface area contributed by atoms with Gasteiger partial charge in [0.05, 0.1) is 0 Å². The molecular formula is C35H70N2O. The molecule has 4 atom stereocenters. The van der Waals surface area contributed by atoms with Gasteiger partial charge in [0.15, 0.2) is 0 Å². The van der Waals surface area contributed by atoms with Gasteiger partial charge in [-0.15, -0.1) is 0 Å². The molecule has 0 radical (unpaired) electrons. The third kappa shape index (κ3) is 14.7. The van der Waals surface area contributed by atoms with E-state index in [-0.39, 0.29) is 0 Å². The zero-order valence-corrected chi connectivity index (χ0v) is 27.1. The number of carbonyl (C=O) groups excluding carboxylic acids is 1. The summed E-state index contributed by atoms with van der Waals surface area (Å²) in [7, 11) is 0. The van der Waals surface area contributed by atoms with Crippen molar-refractivity contribution in [1.29, 1.82) is 0 Å². The highest BCUT2D eigenvalue weighted by Gasteiger charge is 2.35. The van der Waals surface area contributed by atoms with Crippen LogP contribution in [0, 0.1) is 11.8 Å². The van der Waals surface area contributed by atoms with Gasteiger partial charge >= 0.3 is 0 Å². The van der Waals surface area contributed by atoms with Gasteiger partial charge in [-0.3, -0.25) is 9.69 Å². The number of unbranched alkanes of at least 4 members (excludes halogenated alkanes) is 8. The van der Waals surface area contributed by atoms with E-state index in [1.165, 1.54) is 116 Å². The summed E-state index contributed by atoms with van der Waals surface area (Å²) in [6, 6.07) is 1.07. The number of nitrogens with zero attached hydrogens (tertiary/aromatic N) is 2. The molecule has 226 valence electrons. The van der Waals surface area contributed by atoms with Gasteiger partial charge < -0.3 is 4.90 Å². The smallest absolute Gasteiger partial charge is 0.222 e. The van der Waals surface area contributed by atoms with E-state index in [0.717, 1.165) is 50.6 Å². The minimum atomic E-state index is 0.434. The third-order valence-corrected chi connectivity index (χ3v) is 9.43. The van der Waals surface area contributed by atoms with Gasteiger partial charge in [0, 0.05) is 38.1 Å². The summed E-state index contributed by atoms with van der Waals surface area (Å²) in [6.07, 6.45) is 27.2. The van der Waals surface area contributed by atoms with Gasteiger partial charge in [-0.1, -0.05) is 131 Å². The highest BCUT2D eigenvalue weighted by atomic mass is 16.2. The number of hydrogen-bond donors (Lipinski definition) is 0. The maximum Gasteiger partial charge on any atom is 0.222 e. The molecule has 1 saturated heterocycles. The Morgan fingerprint density at radius 2 is 1.03 bits per heavy atom. The van der Waals surface area contributed by atoms with Crippen LogP contribution in [0.1, 0.15) is 176 Å². The van der Waals surface area contributed by atoms with Crippen molar-refractivity contribution < 1.29 is 4.79 Å². The van der Waals surface area contributed by atoms with Gasteiger partial charge in [0.2, 0.25) is 5.91 Å². The second-order valence-corrected chi connectivity index (χ2v) is 12.7. The van der Waals surface area contributed by atoms with Crippen molar-refractivity contribution in [1.82, 2.24) is 9.80 Å². The molecule has 3 nitrogen and oxygen atoms in total. The lowest BCUT2D eigenvalue weighted by molar-refractivity contribution is -0.136. The molecule has 0 aromatic carbocycles. The van der Waals surface area contributed by atoms with Crippen LogP contribution in [0.25, 0.3) is 0 Å². The fraction of sp³-hybridized carbons (Fsp3) is 0.971. The molecule has 38 heavy (non-hydrogen) atoms. The summed E-state index contributed by atoms with van der Waals surface area (Å²) in [6.45, 7) is 17.1. The lowest BCUT2D eigenvalue weighted by atomic mass is 9.90. The van der Waals surface area contributed by atoms with Crippen LogP contribution < -0.4 is 0 Å². The third-order valence-electron chi connectivity index (χ3n) is 9.43. The lowest BCUT2D eigenvalue weighted by Crippen LogP contribution is -2.60. The maximum atomic E-state index is 13.4. The molecule has 0 aromatic rings. The molecule has 0 bridgehead atoms. The Hall–Kier alpha value is -0.570. The predicted molar refractivity (Wildman–Crippen MR) is 169 cm³/mol. The number of rotatable bonds is 24. The van der Waals surface area contributed by atoms with Crippen LogP contribution >= 0.6 is 0 Å². The zero-order valence-electron chi connectivity index (χ0n) is 27.1. The van der Waals surface area contributed by atoms with Crippen molar-refractivity contribution in [3.8, 4) is 0 Å². The van der Waals surface area contributed by atoms with E-state index in [1.54, 1.807) is 0 Å². The van der Waals surface area contributed by atoms with Crippen LogP contribution in [0.5, 0.6) is 0 Å². The topological polar surface area (TPSA) is 23.6 Å².